The van der Waals surface area contributed by atoms with Crippen LogP contribution in [0.2, 0.25) is 0 Å². The van der Waals surface area contributed by atoms with E-state index in [0.717, 1.165) is 30.6 Å². The summed E-state index contributed by atoms with van der Waals surface area (Å²) in [5, 5.41) is 9.78. The third-order valence-corrected chi connectivity index (χ3v) is 7.05. The van der Waals surface area contributed by atoms with Gasteiger partial charge in [-0.2, -0.15) is 0 Å². The number of hydrogen-bond acceptors (Lipinski definition) is 3. The number of carbonyl (C=O) groups is 2. The van der Waals surface area contributed by atoms with Crippen LogP contribution in [-0.4, -0.2) is 41.4 Å². The van der Waals surface area contributed by atoms with Gasteiger partial charge in [-0.15, -0.1) is 0 Å². The number of carboxylic acid groups (broad SMARTS) is 1. The Balaban J connectivity index is 1.70. The van der Waals surface area contributed by atoms with Crippen LogP contribution in [0.25, 0.3) is 0 Å². The van der Waals surface area contributed by atoms with Crippen LogP contribution >= 0.6 is 0 Å². The Morgan fingerprint density at radius 3 is 2.45 bits per heavy atom. The first-order valence-corrected chi connectivity index (χ1v) is 11.3. The van der Waals surface area contributed by atoms with Crippen LogP contribution in [0.4, 0.5) is 0 Å². The van der Waals surface area contributed by atoms with Crippen molar-refractivity contribution in [3.63, 3.8) is 0 Å². The highest BCUT2D eigenvalue weighted by atomic mass is 16.4. The summed E-state index contributed by atoms with van der Waals surface area (Å²) < 4.78 is 0. The first-order chi connectivity index (χ1) is 14.7. The van der Waals surface area contributed by atoms with Crippen molar-refractivity contribution < 1.29 is 14.7 Å². The second-order valence-corrected chi connectivity index (χ2v) is 9.65. The summed E-state index contributed by atoms with van der Waals surface area (Å²) >= 11 is 0. The van der Waals surface area contributed by atoms with Gasteiger partial charge in [-0.3, -0.25) is 9.59 Å². The lowest BCUT2D eigenvalue weighted by atomic mass is 9.67. The van der Waals surface area contributed by atoms with E-state index in [1.807, 2.05) is 56.3 Å². The molecule has 0 saturated carbocycles. The highest BCUT2D eigenvalue weighted by Gasteiger charge is 2.39. The van der Waals surface area contributed by atoms with E-state index in [-0.39, 0.29) is 17.1 Å². The van der Waals surface area contributed by atoms with Gasteiger partial charge in [0.2, 0.25) is 0 Å². The maximum Gasteiger partial charge on any atom is 0.308 e. The fourth-order valence-electron chi connectivity index (χ4n) is 4.71. The Labute approximate surface area is 186 Å². The van der Waals surface area contributed by atoms with Crippen LogP contribution in [-0.2, 0) is 16.6 Å². The molecule has 2 aromatic rings. The van der Waals surface area contributed by atoms with Crippen LogP contribution in [0.5, 0.6) is 0 Å². The molecule has 4 nitrogen and oxygen atoms in total. The number of Topliss-reactive ketones (excluding diaryl/α,β-unsaturated/α-hetero) is 1. The number of carboxylic acids is 1. The Kier molecular flexibility index (Phi) is 7.32. The van der Waals surface area contributed by atoms with Crippen molar-refractivity contribution in [2.45, 2.75) is 46.0 Å². The summed E-state index contributed by atoms with van der Waals surface area (Å²) in [5.41, 5.74) is 3.04. The maximum absolute atomic E-state index is 12.5. The summed E-state index contributed by atoms with van der Waals surface area (Å²) in [7, 11) is 0. The predicted molar refractivity (Wildman–Crippen MR) is 124 cm³/mol. The molecule has 1 saturated heterocycles. The third kappa shape index (κ3) is 5.43. The number of hydrogen-bond donors (Lipinski definition) is 1. The number of piperidine rings is 1. The lowest BCUT2D eigenvalue weighted by molar-refractivity contribution is -0.142. The lowest BCUT2D eigenvalue weighted by Crippen LogP contribution is -2.49. The molecular weight excluding hydrogens is 386 g/mol. The van der Waals surface area contributed by atoms with Gasteiger partial charge in [0.05, 0.1) is 5.92 Å². The topological polar surface area (TPSA) is 57.6 Å². The van der Waals surface area contributed by atoms with Gasteiger partial charge in [0.1, 0.15) is 0 Å². The molecule has 31 heavy (non-hydrogen) atoms. The average molecular weight is 422 g/mol. The molecular formula is C27H35NO3. The van der Waals surface area contributed by atoms with Crippen molar-refractivity contribution in [2.24, 2.45) is 17.8 Å². The summed E-state index contributed by atoms with van der Waals surface area (Å²) in [5.74, 6) is -0.617. The third-order valence-electron chi connectivity index (χ3n) is 7.05. The van der Waals surface area contributed by atoms with Gasteiger partial charge < -0.3 is 10.0 Å². The summed E-state index contributed by atoms with van der Waals surface area (Å²) in [4.78, 5) is 26.7. The van der Waals surface area contributed by atoms with E-state index in [9.17, 15) is 14.7 Å². The first-order valence-electron chi connectivity index (χ1n) is 11.3. The Hall–Kier alpha value is -2.46. The number of carbonyl (C=O) groups excluding carboxylic acids is 1. The monoisotopic (exact) mass is 421 g/mol. The average Bonchev–Trinajstić information content (AvgIpc) is 2.76. The molecule has 1 aliphatic heterocycles. The minimum atomic E-state index is -0.732. The molecule has 1 aliphatic rings. The number of rotatable bonds is 8. The molecule has 0 aromatic heterocycles. The minimum absolute atomic E-state index is 0.0140. The van der Waals surface area contributed by atoms with E-state index < -0.39 is 11.9 Å². The fraction of sp³-hybridized carbons (Fsp3) is 0.481. The summed E-state index contributed by atoms with van der Waals surface area (Å²) in [6.07, 6.45) is 1.50. The van der Waals surface area contributed by atoms with Crippen LogP contribution in [0.1, 0.15) is 55.6 Å². The van der Waals surface area contributed by atoms with Gasteiger partial charge in [0, 0.05) is 24.6 Å². The molecule has 3 rings (SSSR count). The standard InChI is InChI=1S/C27H35NO3/c1-19(2)25(29)22-11-8-12-24(16-22)27(4)13-14-28(17-20(27)3)18-23(26(30)31)15-21-9-6-5-7-10-21/h5-12,16,19-20,23H,13-15,17-18H2,1-4H3,(H,30,31). The van der Waals surface area contributed by atoms with E-state index in [2.05, 4.69) is 30.9 Å². The molecule has 166 valence electrons. The molecule has 4 heteroatoms. The Bertz CT molecular complexity index is 908. The molecule has 1 N–H and O–H groups in total. The van der Waals surface area contributed by atoms with E-state index >= 15 is 0 Å². The largest absolute Gasteiger partial charge is 0.481 e. The number of aliphatic carboxylic acids is 1. The molecule has 2 aromatic carbocycles. The first kappa shape index (κ1) is 23.2. The van der Waals surface area contributed by atoms with Gasteiger partial charge in [-0.1, -0.05) is 76.2 Å². The Morgan fingerprint density at radius 2 is 1.84 bits per heavy atom. The van der Waals surface area contributed by atoms with Gasteiger partial charge in [-0.05, 0) is 47.9 Å². The van der Waals surface area contributed by atoms with Crippen molar-refractivity contribution in [1.82, 2.24) is 4.90 Å². The van der Waals surface area contributed by atoms with Crippen molar-refractivity contribution in [3.8, 4) is 0 Å². The van der Waals surface area contributed by atoms with Crippen LogP contribution in [0.15, 0.2) is 54.6 Å². The zero-order chi connectivity index (χ0) is 22.6. The zero-order valence-corrected chi connectivity index (χ0v) is 19.2. The predicted octanol–water partition coefficient (Wildman–Crippen LogP) is 5.07. The molecule has 0 bridgehead atoms. The number of ketones is 1. The van der Waals surface area contributed by atoms with Gasteiger partial charge in [0.15, 0.2) is 5.78 Å². The van der Waals surface area contributed by atoms with E-state index in [1.54, 1.807) is 0 Å². The Morgan fingerprint density at radius 1 is 1.13 bits per heavy atom. The zero-order valence-electron chi connectivity index (χ0n) is 19.2. The molecule has 0 radical (unpaired) electrons. The van der Waals surface area contributed by atoms with Crippen molar-refractivity contribution >= 4 is 11.8 Å². The number of nitrogens with zero attached hydrogens (tertiary/aromatic N) is 1. The van der Waals surface area contributed by atoms with E-state index in [4.69, 9.17) is 0 Å². The van der Waals surface area contributed by atoms with Crippen LogP contribution in [0.3, 0.4) is 0 Å². The van der Waals surface area contributed by atoms with Gasteiger partial charge in [-0.25, -0.2) is 0 Å². The lowest BCUT2D eigenvalue weighted by Gasteiger charge is -2.45. The second-order valence-electron chi connectivity index (χ2n) is 9.65. The second kappa shape index (κ2) is 9.78. The summed E-state index contributed by atoms with van der Waals surface area (Å²) in [6, 6.07) is 18.0. The van der Waals surface area contributed by atoms with Crippen molar-refractivity contribution in [2.75, 3.05) is 19.6 Å². The molecule has 0 spiro atoms. The van der Waals surface area contributed by atoms with Crippen LogP contribution < -0.4 is 0 Å². The normalized spacial score (nSPS) is 22.9. The SMILES string of the molecule is CC(C)C(=O)c1cccc(C2(C)CCN(CC(Cc3ccccc3)C(=O)O)CC2C)c1. The van der Waals surface area contributed by atoms with Gasteiger partial charge >= 0.3 is 5.97 Å². The van der Waals surface area contributed by atoms with Crippen molar-refractivity contribution in [3.05, 3.63) is 71.3 Å². The fourth-order valence-corrected chi connectivity index (χ4v) is 4.71. The highest BCUT2D eigenvalue weighted by molar-refractivity contribution is 5.97. The molecule has 3 unspecified atom stereocenters. The number of likely N-dealkylation sites (tertiary alicyclic amines) is 1. The van der Waals surface area contributed by atoms with E-state index in [0.29, 0.717) is 18.9 Å². The quantitative estimate of drug-likeness (QED) is 0.605. The molecule has 0 aliphatic carbocycles. The smallest absolute Gasteiger partial charge is 0.308 e. The maximum atomic E-state index is 12.5. The highest BCUT2D eigenvalue weighted by Crippen LogP contribution is 2.40. The molecule has 3 atom stereocenters. The van der Waals surface area contributed by atoms with Gasteiger partial charge in [0.25, 0.3) is 0 Å². The molecule has 1 heterocycles. The summed E-state index contributed by atoms with van der Waals surface area (Å²) in [6.45, 7) is 10.7. The minimum Gasteiger partial charge on any atom is -0.481 e. The molecule has 1 fully saturated rings. The molecule has 0 amide bonds. The van der Waals surface area contributed by atoms with Crippen LogP contribution in [0, 0.1) is 17.8 Å². The van der Waals surface area contributed by atoms with E-state index in [1.165, 1.54) is 5.56 Å². The van der Waals surface area contributed by atoms with Crippen molar-refractivity contribution in [1.29, 1.82) is 0 Å². The number of benzene rings is 2.